The van der Waals surface area contributed by atoms with Crippen LogP contribution in [0.4, 0.5) is 26.3 Å². The van der Waals surface area contributed by atoms with Gasteiger partial charge in [0.2, 0.25) is 5.88 Å². The first kappa shape index (κ1) is 20.6. The molecule has 4 rings (SSSR count). The highest BCUT2D eigenvalue weighted by Gasteiger charge is 2.32. The van der Waals surface area contributed by atoms with Crippen LogP contribution in [0.25, 0.3) is 22.2 Å². The zero-order valence-corrected chi connectivity index (χ0v) is 15.4. The third kappa shape index (κ3) is 4.42. The molecule has 0 saturated carbocycles. The zero-order chi connectivity index (χ0) is 22.2. The van der Waals surface area contributed by atoms with Crippen LogP contribution in [0, 0.1) is 0 Å². The Balaban J connectivity index is 1.61. The summed E-state index contributed by atoms with van der Waals surface area (Å²) in [5, 5.41) is -0.0736. The van der Waals surface area contributed by atoms with E-state index in [2.05, 4.69) is 15.0 Å². The van der Waals surface area contributed by atoms with Crippen LogP contribution in [0.5, 0.6) is 11.6 Å². The molecule has 0 bridgehead atoms. The van der Waals surface area contributed by atoms with Gasteiger partial charge in [-0.1, -0.05) is 12.1 Å². The molecule has 0 atom stereocenters. The number of hydrogen-bond donors (Lipinski definition) is 0. The summed E-state index contributed by atoms with van der Waals surface area (Å²) in [4.78, 5) is 11.9. The molecule has 2 aromatic carbocycles. The van der Waals surface area contributed by atoms with Gasteiger partial charge in [-0.15, -0.1) is 0 Å². The van der Waals surface area contributed by atoms with Crippen molar-refractivity contribution in [3.05, 3.63) is 78.2 Å². The van der Waals surface area contributed by atoms with Crippen molar-refractivity contribution in [2.45, 2.75) is 12.4 Å². The number of rotatable bonds is 3. The standard InChI is InChI=1S/C21H11F6N3O/c22-20(23,24)13-3-1-12(2-4-13)17-10-19(30-11-29-17)31-14-5-6-15-16(21(25,26)27)7-8-28-18(15)9-14/h1-11H. The second kappa shape index (κ2) is 7.53. The van der Waals surface area contributed by atoms with Crippen LogP contribution < -0.4 is 4.74 Å². The topological polar surface area (TPSA) is 47.9 Å². The van der Waals surface area contributed by atoms with Gasteiger partial charge in [0.1, 0.15) is 12.1 Å². The number of halogens is 6. The Labute approximate surface area is 171 Å². The number of hydrogen-bond acceptors (Lipinski definition) is 4. The summed E-state index contributed by atoms with van der Waals surface area (Å²) in [6.45, 7) is 0. The molecule has 4 aromatic rings. The molecule has 31 heavy (non-hydrogen) atoms. The molecule has 0 radical (unpaired) electrons. The number of aromatic nitrogens is 3. The van der Waals surface area contributed by atoms with Gasteiger partial charge in [0.25, 0.3) is 0 Å². The number of nitrogens with zero attached hydrogens (tertiary/aromatic N) is 3. The van der Waals surface area contributed by atoms with E-state index in [0.717, 1.165) is 24.4 Å². The van der Waals surface area contributed by atoms with Crippen molar-refractivity contribution in [3.8, 4) is 22.9 Å². The highest BCUT2D eigenvalue weighted by atomic mass is 19.4. The van der Waals surface area contributed by atoms with Crippen LogP contribution in [0.3, 0.4) is 0 Å². The minimum Gasteiger partial charge on any atom is -0.439 e. The van der Waals surface area contributed by atoms with Crippen molar-refractivity contribution >= 4 is 10.9 Å². The summed E-state index contributed by atoms with van der Waals surface area (Å²) in [6.07, 6.45) is -6.74. The van der Waals surface area contributed by atoms with Crippen molar-refractivity contribution in [2.24, 2.45) is 0 Å². The largest absolute Gasteiger partial charge is 0.439 e. The smallest absolute Gasteiger partial charge is 0.417 e. The van der Waals surface area contributed by atoms with Crippen LogP contribution >= 0.6 is 0 Å². The molecular formula is C21H11F6N3O. The van der Waals surface area contributed by atoms with Gasteiger partial charge in [0.15, 0.2) is 0 Å². The van der Waals surface area contributed by atoms with Gasteiger partial charge in [0, 0.05) is 29.3 Å². The van der Waals surface area contributed by atoms with Crippen molar-refractivity contribution in [1.29, 1.82) is 0 Å². The van der Waals surface area contributed by atoms with Crippen LogP contribution in [0.2, 0.25) is 0 Å². The molecule has 10 heteroatoms. The highest BCUT2D eigenvalue weighted by Crippen LogP contribution is 2.36. The Hall–Kier alpha value is -3.69. The maximum atomic E-state index is 13.1. The van der Waals surface area contributed by atoms with Gasteiger partial charge >= 0.3 is 12.4 Å². The Kier molecular flexibility index (Phi) is 5.00. The Morgan fingerprint density at radius 2 is 1.45 bits per heavy atom. The Morgan fingerprint density at radius 3 is 2.13 bits per heavy atom. The quantitative estimate of drug-likeness (QED) is 0.344. The fourth-order valence-corrected chi connectivity index (χ4v) is 2.94. The molecule has 2 heterocycles. The predicted octanol–water partition coefficient (Wildman–Crippen LogP) is 6.52. The molecule has 158 valence electrons. The van der Waals surface area contributed by atoms with E-state index in [1.807, 2.05) is 0 Å². The first-order valence-corrected chi connectivity index (χ1v) is 8.75. The molecule has 0 unspecified atom stereocenters. The third-order valence-electron chi connectivity index (χ3n) is 4.39. The molecule has 0 N–H and O–H groups in total. The maximum Gasteiger partial charge on any atom is 0.417 e. The molecule has 4 nitrogen and oxygen atoms in total. The van der Waals surface area contributed by atoms with E-state index in [1.165, 1.54) is 42.7 Å². The van der Waals surface area contributed by atoms with Gasteiger partial charge in [-0.3, -0.25) is 4.98 Å². The second-order valence-corrected chi connectivity index (χ2v) is 6.45. The third-order valence-corrected chi connectivity index (χ3v) is 4.39. The normalized spacial score (nSPS) is 12.2. The summed E-state index contributed by atoms with van der Waals surface area (Å²) in [5.41, 5.74) is -0.782. The number of ether oxygens (including phenoxy) is 1. The summed E-state index contributed by atoms with van der Waals surface area (Å²) in [7, 11) is 0. The van der Waals surface area contributed by atoms with Crippen LogP contribution in [-0.4, -0.2) is 15.0 Å². The summed E-state index contributed by atoms with van der Waals surface area (Å²) in [6, 6.07) is 10.6. The lowest BCUT2D eigenvalue weighted by Gasteiger charge is -2.11. The van der Waals surface area contributed by atoms with Crippen LogP contribution in [0.1, 0.15) is 11.1 Å². The van der Waals surface area contributed by atoms with E-state index in [1.54, 1.807) is 0 Å². The van der Waals surface area contributed by atoms with Gasteiger partial charge < -0.3 is 4.74 Å². The molecule has 0 aliphatic carbocycles. The number of pyridine rings is 1. The van der Waals surface area contributed by atoms with E-state index < -0.39 is 23.5 Å². The molecule has 0 aliphatic heterocycles. The maximum absolute atomic E-state index is 13.1. The molecule has 0 saturated heterocycles. The van der Waals surface area contributed by atoms with E-state index in [9.17, 15) is 26.3 Å². The lowest BCUT2D eigenvalue weighted by atomic mass is 10.1. The summed E-state index contributed by atoms with van der Waals surface area (Å²) >= 11 is 0. The van der Waals surface area contributed by atoms with Crippen molar-refractivity contribution in [2.75, 3.05) is 0 Å². The Bertz CT molecular complexity index is 1240. The van der Waals surface area contributed by atoms with Gasteiger partial charge in [-0.25, -0.2) is 9.97 Å². The molecular weight excluding hydrogens is 424 g/mol. The minimum atomic E-state index is -4.52. The molecule has 0 spiro atoms. The summed E-state index contributed by atoms with van der Waals surface area (Å²) < 4.78 is 83.1. The van der Waals surface area contributed by atoms with Crippen LogP contribution in [0.15, 0.2) is 67.1 Å². The Morgan fingerprint density at radius 1 is 0.710 bits per heavy atom. The second-order valence-electron chi connectivity index (χ2n) is 6.45. The van der Waals surface area contributed by atoms with Gasteiger partial charge in [-0.05, 0) is 30.3 Å². The van der Waals surface area contributed by atoms with E-state index in [4.69, 9.17) is 4.74 Å². The monoisotopic (exact) mass is 435 g/mol. The first-order valence-electron chi connectivity index (χ1n) is 8.75. The highest BCUT2D eigenvalue weighted by molar-refractivity contribution is 5.83. The zero-order valence-electron chi connectivity index (χ0n) is 15.4. The minimum absolute atomic E-state index is 0.0659. The summed E-state index contributed by atoms with van der Waals surface area (Å²) in [5.74, 6) is 0.257. The van der Waals surface area contributed by atoms with E-state index in [0.29, 0.717) is 11.3 Å². The predicted molar refractivity (Wildman–Crippen MR) is 99.3 cm³/mol. The molecule has 2 aromatic heterocycles. The lowest BCUT2D eigenvalue weighted by Crippen LogP contribution is -2.06. The van der Waals surface area contributed by atoms with Gasteiger partial charge in [-0.2, -0.15) is 26.3 Å². The fraction of sp³-hybridized carbons (Fsp3) is 0.0952. The van der Waals surface area contributed by atoms with Crippen molar-refractivity contribution < 1.29 is 31.1 Å². The number of benzene rings is 2. The number of alkyl halides is 6. The van der Waals surface area contributed by atoms with Gasteiger partial charge in [0.05, 0.1) is 22.3 Å². The van der Waals surface area contributed by atoms with E-state index >= 15 is 0 Å². The fourth-order valence-electron chi connectivity index (χ4n) is 2.94. The average Bonchev–Trinajstić information content (AvgIpc) is 2.72. The molecule has 0 fully saturated rings. The molecule has 0 aliphatic rings. The van der Waals surface area contributed by atoms with Crippen molar-refractivity contribution in [3.63, 3.8) is 0 Å². The van der Waals surface area contributed by atoms with E-state index in [-0.39, 0.29) is 22.5 Å². The van der Waals surface area contributed by atoms with Crippen LogP contribution in [-0.2, 0) is 12.4 Å². The molecule has 0 amide bonds. The first-order chi connectivity index (χ1) is 14.6. The van der Waals surface area contributed by atoms with Crippen molar-refractivity contribution in [1.82, 2.24) is 15.0 Å². The lowest BCUT2D eigenvalue weighted by molar-refractivity contribution is -0.138. The SMILES string of the molecule is FC(F)(F)c1ccc(-c2cc(Oc3ccc4c(C(F)(F)F)ccnc4c3)ncn2)cc1. The average molecular weight is 435 g/mol. The number of fused-ring (bicyclic) bond motifs is 1.